The van der Waals surface area contributed by atoms with Crippen LogP contribution in [0.1, 0.15) is 11.6 Å². The van der Waals surface area contributed by atoms with E-state index in [-0.39, 0.29) is 11.7 Å². The van der Waals surface area contributed by atoms with Crippen molar-refractivity contribution in [1.82, 2.24) is 4.90 Å². The minimum Gasteiger partial charge on any atom is -0.381 e. The van der Waals surface area contributed by atoms with Gasteiger partial charge in [-0.3, -0.25) is 0 Å². The lowest BCUT2D eigenvalue weighted by Gasteiger charge is -2.25. The summed E-state index contributed by atoms with van der Waals surface area (Å²) in [6, 6.07) is 10.9. The molecule has 0 amide bonds. The number of hydrogen-bond acceptors (Lipinski definition) is 2. The number of likely N-dealkylation sites (N-methyl/N-ethyl adjacent to an activating group) is 1. The van der Waals surface area contributed by atoms with Gasteiger partial charge >= 0.3 is 0 Å². The number of nitrogens with zero attached hydrogens (tertiary/aromatic N) is 1. The van der Waals surface area contributed by atoms with Crippen LogP contribution in [0.2, 0.25) is 5.02 Å². The highest BCUT2D eigenvalue weighted by molar-refractivity contribution is 6.30. The van der Waals surface area contributed by atoms with Crippen LogP contribution in [0.4, 0.5) is 14.5 Å². The average Bonchev–Trinajstić information content (AvgIpc) is 2.44. The van der Waals surface area contributed by atoms with Gasteiger partial charge in [0.25, 0.3) is 0 Å². The van der Waals surface area contributed by atoms with Gasteiger partial charge in [-0.1, -0.05) is 23.7 Å². The molecule has 21 heavy (non-hydrogen) atoms. The van der Waals surface area contributed by atoms with Crippen LogP contribution in [0, 0.1) is 11.6 Å². The molecule has 0 saturated carbocycles. The Morgan fingerprint density at radius 1 is 1.10 bits per heavy atom. The minimum absolute atomic E-state index is 0.0185. The van der Waals surface area contributed by atoms with Crippen LogP contribution in [-0.2, 0) is 0 Å². The quantitative estimate of drug-likeness (QED) is 0.884. The third kappa shape index (κ3) is 4.16. The Morgan fingerprint density at radius 3 is 2.38 bits per heavy atom. The maximum absolute atomic E-state index is 13.6. The minimum atomic E-state index is -0.468. The van der Waals surface area contributed by atoms with Gasteiger partial charge in [-0.2, -0.15) is 0 Å². The second-order valence-corrected chi connectivity index (χ2v) is 5.47. The van der Waals surface area contributed by atoms with Crippen molar-refractivity contribution in [3.05, 3.63) is 64.7 Å². The van der Waals surface area contributed by atoms with Gasteiger partial charge in [0.15, 0.2) is 0 Å². The van der Waals surface area contributed by atoms with E-state index in [9.17, 15) is 8.78 Å². The van der Waals surface area contributed by atoms with E-state index < -0.39 is 11.6 Å². The summed E-state index contributed by atoms with van der Waals surface area (Å²) in [5.74, 6) is -0.934. The van der Waals surface area contributed by atoms with E-state index >= 15 is 0 Å². The fourth-order valence-electron chi connectivity index (χ4n) is 2.12. The highest BCUT2D eigenvalue weighted by Gasteiger charge is 2.15. The van der Waals surface area contributed by atoms with E-state index in [4.69, 9.17) is 11.6 Å². The molecule has 0 fully saturated rings. The fourth-order valence-corrected chi connectivity index (χ4v) is 2.25. The van der Waals surface area contributed by atoms with E-state index in [0.717, 1.165) is 23.8 Å². The van der Waals surface area contributed by atoms with Crippen molar-refractivity contribution in [3.8, 4) is 0 Å². The van der Waals surface area contributed by atoms with Gasteiger partial charge in [-0.15, -0.1) is 0 Å². The smallest absolute Gasteiger partial charge is 0.146 e. The van der Waals surface area contributed by atoms with Crippen molar-refractivity contribution in [2.75, 3.05) is 26.0 Å². The van der Waals surface area contributed by atoms with Crippen molar-refractivity contribution < 1.29 is 8.78 Å². The summed E-state index contributed by atoms with van der Waals surface area (Å²) in [6.45, 7) is 0.453. The first-order valence-electron chi connectivity index (χ1n) is 6.58. The van der Waals surface area contributed by atoms with Crippen molar-refractivity contribution in [3.63, 3.8) is 0 Å². The van der Waals surface area contributed by atoms with Gasteiger partial charge in [-0.25, -0.2) is 8.78 Å². The Labute approximate surface area is 128 Å². The molecule has 0 radical (unpaired) electrons. The average molecular weight is 311 g/mol. The zero-order valence-electron chi connectivity index (χ0n) is 11.9. The van der Waals surface area contributed by atoms with Crippen molar-refractivity contribution in [1.29, 1.82) is 0 Å². The Morgan fingerprint density at radius 2 is 1.76 bits per heavy atom. The van der Waals surface area contributed by atoms with Crippen LogP contribution in [0.5, 0.6) is 0 Å². The zero-order valence-corrected chi connectivity index (χ0v) is 12.7. The number of hydrogen-bond donors (Lipinski definition) is 1. The summed E-state index contributed by atoms with van der Waals surface area (Å²) < 4.78 is 26.8. The topological polar surface area (TPSA) is 15.3 Å². The molecule has 0 aliphatic carbocycles. The lowest BCUT2D eigenvalue weighted by molar-refractivity contribution is 0.311. The maximum atomic E-state index is 13.6. The SMILES string of the molecule is CN(C)C(CNc1cc(F)ccc1F)c1ccc(Cl)cc1. The molecule has 1 unspecified atom stereocenters. The Hall–Kier alpha value is -1.65. The molecule has 0 aliphatic heterocycles. The Balaban J connectivity index is 2.13. The standard InChI is InChI=1S/C16H17ClF2N2/c1-21(2)16(11-3-5-12(17)6-4-11)10-20-15-9-13(18)7-8-14(15)19/h3-9,16,20H,10H2,1-2H3. The molecule has 2 nitrogen and oxygen atoms in total. The second kappa shape index (κ2) is 6.87. The van der Waals surface area contributed by atoms with Crippen LogP contribution >= 0.6 is 11.6 Å². The molecule has 0 aromatic heterocycles. The summed E-state index contributed by atoms with van der Waals surface area (Å²) in [6.07, 6.45) is 0. The monoisotopic (exact) mass is 310 g/mol. The first-order valence-corrected chi connectivity index (χ1v) is 6.96. The molecule has 0 heterocycles. The summed E-state index contributed by atoms with van der Waals surface area (Å²) >= 11 is 5.89. The summed E-state index contributed by atoms with van der Waals surface area (Å²) in [5, 5.41) is 3.63. The van der Waals surface area contributed by atoms with Gasteiger partial charge in [0.05, 0.1) is 11.7 Å². The highest BCUT2D eigenvalue weighted by Crippen LogP contribution is 2.22. The largest absolute Gasteiger partial charge is 0.381 e. The molecule has 112 valence electrons. The summed E-state index contributed by atoms with van der Waals surface area (Å²) in [4.78, 5) is 2.01. The molecule has 2 aromatic rings. The first kappa shape index (κ1) is 15.7. The van der Waals surface area contributed by atoms with Crippen molar-refractivity contribution in [2.45, 2.75) is 6.04 Å². The van der Waals surface area contributed by atoms with Crippen LogP contribution in [-0.4, -0.2) is 25.5 Å². The van der Waals surface area contributed by atoms with E-state index in [0.29, 0.717) is 11.6 Å². The third-order valence-corrected chi connectivity index (χ3v) is 3.54. The molecule has 0 saturated heterocycles. The van der Waals surface area contributed by atoms with Crippen LogP contribution < -0.4 is 5.32 Å². The van der Waals surface area contributed by atoms with Crippen molar-refractivity contribution in [2.24, 2.45) is 0 Å². The number of halogens is 3. The van der Waals surface area contributed by atoms with Gasteiger partial charge < -0.3 is 10.2 Å². The van der Waals surface area contributed by atoms with E-state index in [1.165, 1.54) is 0 Å². The predicted octanol–water partition coefficient (Wildman–Crippen LogP) is 4.33. The van der Waals surface area contributed by atoms with E-state index in [1.54, 1.807) is 0 Å². The van der Waals surface area contributed by atoms with Gasteiger partial charge in [0.2, 0.25) is 0 Å². The molecule has 2 rings (SSSR count). The summed E-state index contributed by atoms with van der Waals surface area (Å²) in [7, 11) is 3.87. The molecule has 0 aliphatic rings. The third-order valence-electron chi connectivity index (χ3n) is 3.29. The van der Waals surface area contributed by atoms with Crippen LogP contribution in [0.15, 0.2) is 42.5 Å². The second-order valence-electron chi connectivity index (χ2n) is 5.04. The molecule has 1 atom stereocenters. The molecule has 2 aromatic carbocycles. The summed E-state index contributed by atoms with van der Waals surface area (Å²) in [5.41, 5.74) is 1.21. The van der Waals surface area contributed by atoms with E-state index in [2.05, 4.69) is 5.32 Å². The maximum Gasteiger partial charge on any atom is 0.146 e. The predicted molar refractivity (Wildman–Crippen MR) is 82.7 cm³/mol. The number of rotatable bonds is 5. The molecule has 1 N–H and O–H groups in total. The van der Waals surface area contributed by atoms with E-state index in [1.807, 2.05) is 43.3 Å². The Bertz CT molecular complexity index is 600. The molecular weight excluding hydrogens is 294 g/mol. The van der Waals surface area contributed by atoms with Crippen molar-refractivity contribution >= 4 is 17.3 Å². The van der Waals surface area contributed by atoms with Gasteiger partial charge in [-0.05, 0) is 50.0 Å². The lowest BCUT2D eigenvalue weighted by Crippen LogP contribution is -2.27. The number of anilines is 1. The van der Waals surface area contributed by atoms with Crippen LogP contribution in [0.3, 0.4) is 0 Å². The number of nitrogens with one attached hydrogen (secondary N) is 1. The highest BCUT2D eigenvalue weighted by atomic mass is 35.5. The first-order chi connectivity index (χ1) is 9.97. The normalized spacial score (nSPS) is 12.5. The molecule has 5 heteroatoms. The van der Waals surface area contributed by atoms with Gasteiger partial charge in [0, 0.05) is 11.6 Å². The molecule has 0 spiro atoms. The zero-order chi connectivity index (χ0) is 15.4. The molecular formula is C16H17ClF2N2. The molecule has 0 bridgehead atoms. The lowest BCUT2D eigenvalue weighted by atomic mass is 10.1. The van der Waals surface area contributed by atoms with Gasteiger partial charge in [0.1, 0.15) is 11.6 Å². The number of benzene rings is 2. The van der Waals surface area contributed by atoms with Crippen LogP contribution in [0.25, 0.3) is 0 Å². The fraction of sp³-hybridized carbons (Fsp3) is 0.250. The Kier molecular flexibility index (Phi) is 5.15.